The molecule has 2 aliphatic heterocycles. The van der Waals surface area contributed by atoms with Crippen LogP contribution in [0, 0.1) is 0 Å². The molecule has 6 heteroatoms. The lowest BCUT2D eigenvalue weighted by Gasteiger charge is -2.32. The van der Waals surface area contributed by atoms with E-state index in [1.54, 1.807) is 0 Å². The Hall–Kier alpha value is -0.360. The monoisotopic (exact) mass is 291 g/mol. The van der Waals surface area contributed by atoms with Gasteiger partial charge < -0.3 is 15.0 Å². The summed E-state index contributed by atoms with van der Waals surface area (Å²) in [7, 11) is 0. The molecule has 1 atom stereocenters. The predicted octanol–water partition coefficient (Wildman–Crippen LogP) is 0.339. The van der Waals surface area contributed by atoms with Gasteiger partial charge in [-0.1, -0.05) is 0 Å². The molecule has 1 unspecified atom stereocenters. The highest BCUT2D eigenvalue weighted by molar-refractivity contribution is 5.85. The van der Waals surface area contributed by atoms with Crippen LogP contribution in [-0.2, 0) is 9.53 Å². The summed E-state index contributed by atoms with van der Waals surface area (Å²) in [6.07, 6.45) is 1.23. The highest BCUT2D eigenvalue weighted by atomic mass is 35.5. The van der Waals surface area contributed by atoms with Crippen LogP contribution in [0.25, 0.3) is 0 Å². The average molecular weight is 292 g/mol. The van der Waals surface area contributed by atoms with Crippen LogP contribution in [0.2, 0.25) is 0 Å². The molecule has 19 heavy (non-hydrogen) atoms. The van der Waals surface area contributed by atoms with Gasteiger partial charge in [-0.25, -0.2) is 0 Å². The van der Waals surface area contributed by atoms with Gasteiger partial charge in [-0.15, -0.1) is 12.4 Å². The van der Waals surface area contributed by atoms with Crippen molar-refractivity contribution in [2.24, 2.45) is 0 Å². The summed E-state index contributed by atoms with van der Waals surface area (Å²) < 4.78 is 5.38. The lowest BCUT2D eigenvalue weighted by molar-refractivity contribution is -0.136. The molecule has 0 saturated carbocycles. The predicted molar refractivity (Wildman–Crippen MR) is 77.8 cm³/mol. The van der Waals surface area contributed by atoms with E-state index in [9.17, 15) is 4.79 Å². The molecule has 1 amide bonds. The highest BCUT2D eigenvalue weighted by Gasteiger charge is 2.30. The van der Waals surface area contributed by atoms with E-state index < -0.39 is 0 Å². The van der Waals surface area contributed by atoms with Crippen molar-refractivity contribution in [1.82, 2.24) is 15.1 Å². The first-order valence-electron chi connectivity index (χ1n) is 7.01. The van der Waals surface area contributed by atoms with Gasteiger partial charge in [-0.2, -0.15) is 0 Å². The summed E-state index contributed by atoms with van der Waals surface area (Å²) >= 11 is 0. The number of ether oxygens (including phenoxy) is 1. The van der Waals surface area contributed by atoms with Crippen molar-refractivity contribution in [2.75, 3.05) is 45.9 Å². The number of nitrogens with one attached hydrogen (secondary N) is 1. The second-order valence-electron chi connectivity index (χ2n) is 5.43. The van der Waals surface area contributed by atoms with Crippen LogP contribution in [0.15, 0.2) is 0 Å². The minimum atomic E-state index is 0. The number of hydrogen-bond acceptors (Lipinski definition) is 4. The molecule has 5 nitrogen and oxygen atoms in total. The van der Waals surface area contributed by atoms with Crippen LogP contribution in [0.3, 0.4) is 0 Å². The zero-order valence-corrected chi connectivity index (χ0v) is 12.7. The fraction of sp³-hybridized carbons (Fsp3) is 0.923. The molecule has 2 fully saturated rings. The largest absolute Gasteiger partial charge is 0.369 e. The highest BCUT2D eigenvalue weighted by Crippen LogP contribution is 2.16. The van der Waals surface area contributed by atoms with E-state index in [1.165, 1.54) is 0 Å². The molecule has 0 aromatic heterocycles. The van der Waals surface area contributed by atoms with Gasteiger partial charge in [0.05, 0.1) is 6.10 Å². The van der Waals surface area contributed by atoms with Crippen LogP contribution >= 0.6 is 12.4 Å². The Bertz CT molecular complexity index is 283. The van der Waals surface area contributed by atoms with Gasteiger partial charge in [0.15, 0.2) is 0 Å². The molecule has 2 heterocycles. The van der Waals surface area contributed by atoms with Crippen molar-refractivity contribution in [3.05, 3.63) is 0 Å². The Labute approximate surface area is 122 Å². The summed E-state index contributed by atoms with van der Waals surface area (Å²) in [4.78, 5) is 16.4. The maximum Gasteiger partial charge on any atom is 0.248 e. The van der Waals surface area contributed by atoms with Crippen molar-refractivity contribution >= 4 is 18.3 Å². The summed E-state index contributed by atoms with van der Waals surface area (Å²) in [5, 5.41) is 3.36. The van der Waals surface area contributed by atoms with Gasteiger partial charge in [-0.3, -0.25) is 9.69 Å². The fourth-order valence-corrected chi connectivity index (χ4v) is 2.64. The Balaban J connectivity index is 0.00000180. The van der Waals surface area contributed by atoms with Gasteiger partial charge in [-0.05, 0) is 20.3 Å². The number of rotatable bonds is 4. The minimum absolute atomic E-state index is 0. The molecular weight excluding hydrogens is 266 g/mol. The summed E-state index contributed by atoms with van der Waals surface area (Å²) in [5.41, 5.74) is 0. The first kappa shape index (κ1) is 16.7. The first-order chi connectivity index (χ1) is 8.66. The van der Waals surface area contributed by atoms with Crippen LogP contribution in [-0.4, -0.2) is 73.7 Å². The zero-order chi connectivity index (χ0) is 13.0. The fourth-order valence-electron chi connectivity index (χ4n) is 2.64. The average Bonchev–Trinajstić information content (AvgIpc) is 2.86. The minimum Gasteiger partial charge on any atom is -0.369 e. The van der Waals surface area contributed by atoms with Crippen LogP contribution in [0.5, 0.6) is 0 Å². The molecule has 0 bridgehead atoms. The first-order valence-corrected chi connectivity index (χ1v) is 7.01. The number of carbonyl (C=O) groups is 1. The van der Waals surface area contributed by atoms with Crippen molar-refractivity contribution in [2.45, 2.75) is 32.4 Å². The topological polar surface area (TPSA) is 44.8 Å². The molecule has 0 aliphatic carbocycles. The van der Waals surface area contributed by atoms with E-state index >= 15 is 0 Å². The van der Waals surface area contributed by atoms with E-state index in [0.717, 1.165) is 45.7 Å². The van der Waals surface area contributed by atoms with E-state index in [0.29, 0.717) is 6.04 Å². The molecule has 0 aromatic rings. The smallest absolute Gasteiger partial charge is 0.248 e. The SMILES string of the molecule is CC(C)OCC(=O)N1CCC(N2CCNCC2)C1.Cl. The van der Waals surface area contributed by atoms with Gasteiger partial charge in [0, 0.05) is 45.3 Å². The van der Waals surface area contributed by atoms with Crippen LogP contribution in [0.4, 0.5) is 0 Å². The third kappa shape index (κ3) is 4.91. The third-order valence-electron chi connectivity index (χ3n) is 3.72. The van der Waals surface area contributed by atoms with Gasteiger partial charge in [0.25, 0.3) is 0 Å². The van der Waals surface area contributed by atoms with Crippen molar-refractivity contribution < 1.29 is 9.53 Å². The lowest BCUT2D eigenvalue weighted by Crippen LogP contribution is -2.49. The van der Waals surface area contributed by atoms with Crippen molar-refractivity contribution in [1.29, 1.82) is 0 Å². The Morgan fingerprint density at radius 3 is 2.63 bits per heavy atom. The lowest BCUT2D eigenvalue weighted by atomic mass is 10.2. The number of likely N-dealkylation sites (tertiary alicyclic amines) is 1. The van der Waals surface area contributed by atoms with Gasteiger partial charge in [0.2, 0.25) is 5.91 Å². The normalized spacial score (nSPS) is 24.6. The number of amides is 1. The molecule has 0 spiro atoms. The quantitative estimate of drug-likeness (QED) is 0.811. The Kier molecular flexibility index (Phi) is 7.07. The Morgan fingerprint density at radius 2 is 2.00 bits per heavy atom. The van der Waals surface area contributed by atoms with Crippen LogP contribution in [0.1, 0.15) is 20.3 Å². The summed E-state index contributed by atoms with van der Waals surface area (Å²) in [5.74, 6) is 0.140. The molecule has 2 rings (SSSR count). The molecular formula is C13H26ClN3O2. The molecule has 2 saturated heterocycles. The van der Waals surface area contributed by atoms with Crippen molar-refractivity contribution in [3.8, 4) is 0 Å². The second-order valence-corrected chi connectivity index (χ2v) is 5.43. The molecule has 2 aliphatic rings. The van der Waals surface area contributed by atoms with E-state index in [4.69, 9.17) is 4.74 Å². The van der Waals surface area contributed by atoms with Gasteiger partial charge in [0.1, 0.15) is 6.61 Å². The molecule has 0 aromatic carbocycles. The van der Waals surface area contributed by atoms with E-state index in [1.807, 2.05) is 18.7 Å². The number of halogens is 1. The summed E-state index contributed by atoms with van der Waals surface area (Å²) in [6.45, 7) is 10.3. The number of nitrogens with zero attached hydrogens (tertiary/aromatic N) is 2. The van der Waals surface area contributed by atoms with Crippen LogP contribution < -0.4 is 5.32 Å². The molecule has 1 N–H and O–H groups in total. The number of piperazine rings is 1. The zero-order valence-electron chi connectivity index (χ0n) is 11.9. The maximum absolute atomic E-state index is 11.9. The number of hydrogen-bond donors (Lipinski definition) is 1. The van der Waals surface area contributed by atoms with E-state index in [-0.39, 0.29) is 31.0 Å². The van der Waals surface area contributed by atoms with E-state index in [2.05, 4.69) is 10.2 Å². The maximum atomic E-state index is 11.9. The van der Waals surface area contributed by atoms with Gasteiger partial charge >= 0.3 is 0 Å². The summed E-state index contributed by atoms with van der Waals surface area (Å²) in [6, 6.07) is 0.551. The number of carbonyl (C=O) groups excluding carboxylic acids is 1. The van der Waals surface area contributed by atoms with Crippen molar-refractivity contribution in [3.63, 3.8) is 0 Å². The molecule has 0 radical (unpaired) electrons. The molecule has 112 valence electrons. The standard InChI is InChI=1S/C13H25N3O2.ClH/c1-11(2)18-10-13(17)16-6-3-12(9-16)15-7-4-14-5-8-15;/h11-12,14H,3-10H2,1-2H3;1H. The second kappa shape index (κ2) is 8.04. The Morgan fingerprint density at radius 1 is 1.32 bits per heavy atom. The third-order valence-corrected chi connectivity index (χ3v) is 3.72.